The van der Waals surface area contributed by atoms with Gasteiger partial charge < -0.3 is 15.4 Å². The van der Waals surface area contributed by atoms with Crippen LogP contribution in [0.3, 0.4) is 0 Å². The molecule has 0 spiro atoms. The van der Waals surface area contributed by atoms with Gasteiger partial charge in [-0.25, -0.2) is 0 Å². The molecule has 4 nitrogen and oxygen atoms in total. The maximum absolute atomic E-state index is 12.1. The first-order valence-electron chi connectivity index (χ1n) is 7.52. The summed E-state index contributed by atoms with van der Waals surface area (Å²) in [5.74, 6) is 0.0837. The third-order valence-electron chi connectivity index (χ3n) is 4.17. The van der Waals surface area contributed by atoms with Crippen molar-refractivity contribution in [2.75, 3.05) is 19.7 Å². The van der Waals surface area contributed by atoms with Crippen molar-refractivity contribution < 1.29 is 9.53 Å². The van der Waals surface area contributed by atoms with Crippen molar-refractivity contribution in [2.24, 2.45) is 0 Å². The molecule has 2 aliphatic rings. The summed E-state index contributed by atoms with van der Waals surface area (Å²) in [6.45, 7) is 2.51. The third-order valence-corrected chi connectivity index (χ3v) is 4.17. The Bertz CT molecular complexity index is 475. The molecular weight excluding hydrogens is 288 g/mol. The van der Waals surface area contributed by atoms with Crippen LogP contribution in [0.2, 0.25) is 0 Å². The van der Waals surface area contributed by atoms with Crippen molar-refractivity contribution in [1.82, 2.24) is 10.6 Å². The maximum Gasteiger partial charge on any atom is 0.223 e. The van der Waals surface area contributed by atoms with E-state index >= 15 is 0 Å². The quantitative estimate of drug-likeness (QED) is 0.894. The standard InChI is InChI=1S/C16H22N2O2.ClH/c19-16(18-11-13-5-3-8-17-13)10-15-14-6-2-1-4-12(14)7-9-20-15;/h1-2,4,6,13,15,17H,3,5,7-11H2,(H,18,19);1H. The number of carbonyl (C=O) groups excluding carboxylic acids is 1. The van der Waals surface area contributed by atoms with Crippen molar-refractivity contribution in [3.05, 3.63) is 35.4 Å². The highest BCUT2D eigenvalue weighted by molar-refractivity contribution is 5.85. The van der Waals surface area contributed by atoms with Gasteiger partial charge in [-0.2, -0.15) is 0 Å². The predicted octanol–water partition coefficient (Wildman–Crippen LogP) is 1.98. The summed E-state index contributed by atoms with van der Waals surface area (Å²) in [6, 6.07) is 8.71. The highest BCUT2D eigenvalue weighted by Crippen LogP contribution is 2.29. The van der Waals surface area contributed by atoms with Crippen molar-refractivity contribution in [3.63, 3.8) is 0 Å². The normalized spacial score (nSPS) is 24.0. The lowest BCUT2D eigenvalue weighted by molar-refractivity contribution is -0.124. The molecule has 0 aromatic heterocycles. The fraction of sp³-hybridized carbons (Fsp3) is 0.562. The van der Waals surface area contributed by atoms with E-state index in [0.717, 1.165) is 25.9 Å². The van der Waals surface area contributed by atoms with E-state index in [1.165, 1.54) is 17.5 Å². The van der Waals surface area contributed by atoms with Gasteiger partial charge in [-0.1, -0.05) is 24.3 Å². The number of hydrogen-bond donors (Lipinski definition) is 2. The molecule has 21 heavy (non-hydrogen) atoms. The van der Waals surface area contributed by atoms with Gasteiger partial charge in [0.15, 0.2) is 0 Å². The van der Waals surface area contributed by atoms with Crippen LogP contribution in [0, 0.1) is 0 Å². The van der Waals surface area contributed by atoms with Crippen LogP contribution in [0.4, 0.5) is 0 Å². The Labute approximate surface area is 132 Å². The number of halogens is 1. The van der Waals surface area contributed by atoms with Crippen LogP contribution in [-0.4, -0.2) is 31.6 Å². The summed E-state index contributed by atoms with van der Waals surface area (Å²) >= 11 is 0. The van der Waals surface area contributed by atoms with Gasteiger partial charge in [0.2, 0.25) is 5.91 Å². The van der Waals surface area contributed by atoms with E-state index in [9.17, 15) is 4.79 Å². The average molecular weight is 311 g/mol. The number of hydrogen-bond acceptors (Lipinski definition) is 3. The molecule has 2 aliphatic heterocycles. The minimum absolute atomic E-state index is 0. The number of ether oxygens (including phenoxy) is 1. The van der Waals surface area contributed by atoms with Crippen molar-refractivity contribution in [2.45, 2.75) is 37.8 Å². The maximum atomic E-state index is 12.1. The molecule has 2 atom stereocenters. The summed E-state index contributed by atoms with van der Waals surface area (Å²) in [5.41, 5.74) is 2.49. The molecule has 5 heteroatoms. The zero-order valence-electron chi connectivity index (χ0n) is 12.1. The van der Waals surface area contributed by atoms with Gasteiger partial charge in [-0.05, 0) is 36.9 Å². The number of fused-ring (bicyclic) bond motifs is 1. The number of amides is 1. The fourth-order valence-corrected chi connectivity index (χ4v) is 3.05. The molecule has 2 heterocycles. The van der Waals surface area contributed by atoms with Gasteiger partial charge in [0.1, 0.15) is 0 Å². The second kappa shape index (κ2) is 7.78. The van der Waals surface area contributed by atoms with Crippen molar-refractivity contribution in [1.29, 1.82) is 0 Å². The summed E-state index contributed by atoms with van der Waals surface area (Å²) in [5, 5.41) is 6.41. The minimum atomic E-state index is -0.0866. The Kier molecular flexibility index (Phi) is 6.03. The molecule has 1 fully saturated rings. The largest absolute Gasteiger partial charge is 0.373 e. The fourth-order valence-electron chi connectivity index (χ4n) is 3.05. The Morgan fingerprint density at radius 3 is 3.05 bits per heavy atom. The predicted molar refractivity (Wildman–Crippen MR) is 84.7 cm³/mol. The molecule has 1 amide bonds. The van der Waals surface area contributed by atoms with Crippen LogP contribution in [-0.2, 0) is 16.0 Å². The van der Waals surface area contributed by atoms with E-state index in [0.29, 0.717) is 19.1 Å². The lowest BCUT2D eigenvalue weighted by Crippen LogP contribution is -2.38. The molecule has 0 aliphatic carbocycles. The van der Waals surface area contributed by atoms with E-state index in [-0.39, 0.29) is 24.4 Å². The van der Waals surface area contributed by atoms with Gasteiger partial charge in [0.05, 0.1) is 19.1 Å². The number of rotatable bonds is 4. The number of nitrogens with one attached hydrogen (secondary N) is 2. The van der Waals surface area contributed by atoms with E-state index in [2.05, 4.69) is 22.8 Å². The Morgan fingerprint density at radius 1 is 1.38 bits per heavy atom. The first-order chi connectivity index (χ1) is 9.83. The van der Waals surface area contributed by atoms with E-state index in [1.54, 1.807) is 0 Å². The van der Waals surface area contributed by atoms with Gasteiger partial charge >= 0.3 is 0 Å². The lowest BCUT2D eigenvalue weighted by atomic mass is 9.95. The van der Waals surface area contributed by atoms with E-state index in [4.69, 9.17) is 4.74 Å². The third kappa shape index (κ3) is 4.19. The minimum Gasteiger partial charge on any atom is -0.373 e. The smallest absolute Gasteiger partial charge is 0.223 e. The van der Waals surface area contributed by atoms with Crippen molar-refractivity contribution >= 4 is 18.3 Å². The van der Waals surface area contributed by atoms with Gasteiger partial charge in [-0.15, -0.1) is 12.4 Å². The summed E-state index contributed by atoms with van der Waals surface area (Å²) in [4.78, 5) is 12.1. The topological polar surface area (TPSA) is 50.4 Å². The van der Waals surface area contributed by atoms with Crippen LogP contribution in [0.1, 0.15) is 36.5 Å². The van der Waals surface area contributed by atoms with E-state index < -0.39 is 0 Å². The number of benzene rings is 1. The molecule has 116 valence electrons. The second-order valence-corrected chi connectivity index (χ2v) is 5.61. The Hall–Kier alpha value is -1.10. The highest BCUT2D eigenvalue weighted by atomic mass is 35.5. The number of carbonyl (C=O) groups is 1. The molecule has 1 saturated heterocycles. The van der Waals surface area contributed by atoms with Crippen LogP contribution < -0.4 is 10.6 Å². The molecule has 0 radical (unpaired) electrons. The molecule has 2 unspecified atom stereocenters. The molecule has 1 aromatic carbocycles. The first kappa shape index (κ1) is 16.3. The SMILES string of the molecule is Cl.O=C(CC1OCCc2ccccc21)NCC1CCCN1. The monoisotopic (exact) mass is 310 g/mol. The highest BCUT2D eigenvalue weighted by Gasteiger charge is 2.23. The lowest BCUT2D eigenvalue weighted by Gasteiger charge is -2.25. The van der Waals surface area contributed by atoms with E-state index in [1.807, 2.05) is 12.1 Å². The Balaban J connectivity index is 0.00000161. The van der Waals surface area contributed by atoms with Crippen LogP contribution in [0.15, 0.2) is 24.3 Å². The van der Waals surface area contributed by atoms with Crippen LogP contribution in [0.5, 0.6) is 0 Å². The zero-order valence-corrected chi connectivity index (χ0v) is 13.0. The molecule has 1 aromatic rings. The average Bonchev–Trinajstić information content (AvgIpc) is 2.99. The second-order valence-electron chi connectivity index (χ2n) is 5.61. The zero-order chi connectivity index (χ0) is 13.8. The van der Waals surface area contributed by atoms with Gasteiger partial charge in [0, 0.05) is 12.6 Å². The Morgan fingerprint density at radius 2 is 2.24 bits per heavy atom. The molecule has 2 N–H and O–H groups in total. The molecule has 3 rings (SSSR count). The summed E-state index contributed by atoms with van der Waals surface area (Å²) in [7, 11) is 0. The first-order valence-corrected chi connectivity index (χ1v) is 7.52. The van der Waals surface area contributed by atoms with Gasteiger partial charge in [-0.3, -0.25) is 4.79 Å². The van der Waals surface area contributed by atoms with Crippen LogP contribution >= 0.6 is 12.4 Å². The van der Waals surface area contributed by atoms with Gasteiger partial charge in [0.25, 0.3) is 0 Å². The van der Waals surface area contributed by atoms with Crippen LogP contribution in [0.25, 0.3) is 0 Å². The molecule has 0 saturated carbocycles. The summed E-state index contributed by atoms with van der Waals surface area (Å²) < 4.78 is 5.77. The van der Waals surface area contributed by atoms with Crippen molar-refractivity contribution in [3.8, 4) is 0 Å². The summed E-state index contributed by atoms with van der Waals surface area (Å²) in [6.07, 6.45) is 3.64. The molecule has 0 bridgehead atoms. The molecular formula is C16H23ClN2O2.